The molecule has 1 aromatic heterocycles. The zero-order chi connectivity index (χ0) is 23.4. The largest absolute Gasteiger partial charge is 0.344 e. The molecular weight excluding hydrogens is 619 g/mol. The molecule has 0 radical (unpaired) electrons. The Bertz CT molecular complexity index is 817. The van der Waals surface area contributed by atoms with Crippen LogP contribution in [0, 0.1) is 0 Å². The highest BCUT2D eigenvalue weighted by atomic mass is 35.6. The van der Waals surface area contributed by atoms with Gasteiger partial charge in [0.2, 0.25) is 11.6 Å². The van der Waals surface area contributed by atoms with Crippen LogP contribution in [-0.2, 0) is 3.79 Å². The first-order chi connectivity index (χ1) is 14.2. The van der Waals surface area contributed by atoms with Crippen LogP contribution in [-0.4, -0.2) is 52.6 Å². The van der Waals surface area contributed by atoms with E-state index in [4.69, 9.17) is 116 Å². The van der Waals surface area contributed by atoms with E-state index >= 15 is 0 Å². The van der Waals surface area contributed by atoms with Crippen molar-refractivity contribution in [2.24, 2.45) is 0 Å². The van der Waals surface area contributed by atoms with E-state index in [1.165, 1.54) is 22.5 Å². The lowest BCUT2D eigenvalue weighted by molar-refractivity contribution is 0.0832. The predicted molar refractivity (Wildman–Crippen MR) is 132 cm³/mol. The van der Waals surface area contributed by atoms with Crippen LogP contribution in [0.2, 0.25) is 5.02 Å². The Kier molecular flexibility index (Phi) is 10.4. The lowest BCUT2D eigenvalue weighted by Crippen LogP contribution is -2.61. The van der Waals surface area contributed by atoms with E-state index in [2.05, 4.69) is 15.0 Å². The first kappa shape index (κ1) is 28.1. The van der Waals surface area contributed by atoms with E-state index < -0.39 is 11.6 Å². The second kappa shape index (κ2) is 11.5. The van der Waals surface area contributed by atoms with Gasteiger partial charge in [0.1, 0.15) is 12.7 Å². The first-order valence-electron chi connectivity index (χ1n) is 8.02. The summed E-state index contributed by atoms with van der Waals surface area (Å²) in [6, 6.07) is 7.30. The second-order valence-electron chi connectivity index (χ2n) is 5.89. The van der Waals surface area contributed by atoms with Gasteiger partial charge in [0.25, 0.3) is 0 Å². The maximum atomic E-state index is 6.20. The molecule has 16 heteroatoms. The van der Waals surface area contributed by atoms with Crippen LogP contribution in [0.15, 0.2) is 36.9 Å². The summed E-state index contributed by atoms with van der Waals surface area (Å²) < 4.78 is -4.81. The van der Waals surface area contributed by atoms with Crippen molar-refractivity contribution in [1.82, 2.24) is 24.8 Å². The smallest absolute Gasteiger partial charge is 0.250 e. The summed E-state index contributed by atoms with van der Waals surface area (Å²) in [4.78, 5) is 15.7. The monoisotopic (exact) mass is 626 g/mol. The van der Waals surface area contributed by atoms with Crippen LogP contribution >= 0.6 is 116 Å². The predicted octanol–water partition coefficient (Wildman–Crippen LogP) is 6.99. The first-order valence-corrected chi connectivity index (χ1v) is 11.8. The van der Waals surface area contributed by atoms with Crippen molar-refractivity contribution < 1.29 is 0 Å². The molecular formula is C15H12Cl10N6. The van der Waals surface area contributed by atoms with E-state index in [0.29, 0.717) is 18.4 Å². The molecule has 31 heavy (non-hydrogen) atoms. The SMILES string of the molecule is ClC(Cl)(Cl)c1ncncn1.Clc1ccccc1N1CN(C(Cl)(Cl)Cl)CN(C(Cl)(Cl)Cl)C1. The van der Waals surface area contributed by atoms with E-state index in [1.54, 1.807) is 6.07 Å². The summed E-state index contributed by atoms with van der Waals surface area (Å²) in [6.45, 7) is 0.850. The van der Waals surface area contributed by atoms with Crippen LogP contribution in [0.4, 0.5) is 5.69 Å². The fourth-order valence-corrected chi connectivity index (χ4v) is 3.51. The lowest BCUT2D eigenvalue weighted by atomic mass is 10.3. The van der Waals surface area contributed by atoms with Crippen molar-refractivity contribution in [1.29, 1.82) is 0 Å². The Labute approximate surface area is 229 Å². The third-order valence-electron chi connectivity index (χ3n) is 3.68. The van der Waals surface area contributed by atoms with Crippen LogP contribution < -0.4 is 4.90 Å². The van der Waals surface area contributed by atoms with Crippen molar-refractivity contribution in [3.8, 4) is 0 Å². The van der Waals surface area contributed by atoms with Gasteiger partial charge in [-0.05, 0) is 12.1 Å². The minimum absolute atomic E-state index is 0.132. The van der Waals surface area contributed by atoms with Crippen molar-refractivity contribution in [2.45, 2.75) is 11.6 Å². The molecule has 1 aliphatic heterocycles. The summed E-state index contributed by atoms with van der Waals surface area (Å²) in [5.74, 6) is 0.132. The molecule has 1 fully saturated rings. The molecule has 0 aliphatic carbocycles. The van der Waals surface area contributed by atoms with Crippen LogP contribution in [0.5, 0.6) is 0 Å². The minimum atomic E-state index is -1.63. The molecule has 1 aliphatic rings. The number of halogens is 10. The Morgan fingerprint density at radius 2 is 1.19 bits per heavy atom. The topological polar surface area (TPSA) is 48.4 Å². The second-order valence-corrected chi connectivity index (χ2v) is 13.0. The Balaban J connectivity index is 0.000000285. The lowest BCUT2D eigenvalue weighted by Gasteiger charge is -2.47. The summed E-state index contributed by atoms with van der Waals surface area (Å²) in [5, 5.41) is 0.563. The molecule has 172 valence electrons. The number of nitrogens with zero attached hydrogens (tertiary/aromatic N) is 6. The van der Waals surface area contributed by atoms with Crippen LogP contribution in [0.25, 0.3) is 0 Å². The molecule has 1 aromatic carbocycles. The zero-order valence-electron chi connectivity index (χ0n) is 15.0. The molecule has 2 aromatic rings. The van der Waals surface area contributed by atoms with Crippen molar-refractivity contribution in [3.63, 3.8) is 0 Å². The van der Waals surface area contributed by atoms with Gasteiger partial charge in [0, 0.05) is 0 Å². The standard InChI is InChI=1S/C11H10Cl7N3.C4H2Cl3N3/c12-8-3-1-2-4-9(8)19-5-20(10(13,14)15)7-21(6-19)11(16,17)18;5-4(6,7)3-9-1-8-2-10-3/h1-4H,5-7H2;1-2H. The van der Waals surface area contributed by atoms with Gasteiger partial charge in [0.05, 0.1) is 30.7 Å². The summed E-state index contributed by atoms with van der Waals surface area (Å²) in [7, 11) is 0. The van der Waals surface area contributed by atoms with Crippen molar-refractivity contribution in [3.05, 3.63) is 47.8 Å². The van der Waals surface area contributed by atoms with Crippen molar-refractivity contribution >= 4 is 122 Å². The van der Waals surface area contributed by atoms with Crippen LogP contribution in [0.3, 0.4) is 0 Å². The van der Waals surface area contributed by atoms with Crippen LogP contribution in [0.1, 0.15) is 5.82 Å². The molecule has 0 bridgehead atoms. The van der Waals surface area contributed by atoms with Gasteiger partial charge in [0.15, 0.2) is 5.82 Å². The highest BCUT2D eigenvalue weighted by Crippen LogP contribution is 2.40. The van der Waals surface area contributed by atoms with Gasteiger partial charge in [-0.3, -0.25) is 0 Å². The number of para-hydroxylation sites is 1. The molecule has 0 N–H and O–H groups in total. The number of hydrogen-bond donors (Lipinski definition) is 0. The minimum Gasteiger partial charge on any atom is -0.344 e. The average molecular weight is 631 g/mol. The zero-order valence-corrected chi connectivity index (χ0v) is 22.6. The van der Waals surface area contributed by atoms with Gasteiger partial charge < -0.3 is 4.90 Å². The number of rotatable bonds is 1. The Morgan fingerprint density at radius 3 is 1.58 bits per heavy atom. The average Bonchev–Trinajstić information content (AvgIpc) is 2.67. The molecule has 3 rings (SSSR count). The third-order valence-corrected chi connectivity index (χ3v) is 5.94. The van der Waals surface area contributed by atoms with E-state index in [1.807, 2.05) is 23.1 Å². The maximum absolute atomic E-state index is 6.20. The number of benzene rings is 1. The van der Waals surface area contributed by atoms with E-state index in [9.17, 15) is 0 Å². The molecule has 2 heterocycles. The maximum Gasteiger partial charge on any atom is 0.250 e. The highest BCUT2D eigenvalue weighted by Gasteiger charge is 2.42. The normalized spacial score (nSPS) is 16.6. The summed E-state index contributed by atoms with van der Waals surface area (Å²) in [5.41, 5.74) is 0.761. The van der Waals surface area contributed by atoms with Gasteiger partial charge in [-0.15, -0.1) is 0 Å². The van der Waals surface area contributed by atoms with Gasteiger partial charge in [-0.1, -0.05) is 128 Å². The molecule has 0 spiro atoms. The molecule has 0 atom stereocenters. The molecule has 0 saturated carbocycles. The molecule has 0 unspecified atom stereocenters. The quantitative estimate of drug-likeness (QED) is 0.250. The Hall–Kier alpha value is 0.850. The number of hydrogen-bond acceptors (Lipinski definition) is 6. The number of anilines is 1. The number of aromatic nitrogens is 3. The highest BCUT2D eigenvalue weighted by molar-refractivity contribution is 6.68. The number of alkyl halides is 9. The van der Waals surface area contributed by atoms with Gasteiger partial charge in [-0.25, -0.2) is 24.8 Å². The fraction of sp³-hybridized carbons (Fsp3) is 0.400. The summed E-state index contributed by atoms with van der Waals surface area (Å²) in [6.07, 6.45) is 2.54. The molecule has 0 amide bonds. The van der Waals surface area contributed by atoms with Crippen molar-refractivity contribution in [2.75, 3.05) is 24.9 Å². The van der Waals surface area contributed by atoms with Gasteiger partial charge in [-0.2, -0.15) is 0 Å². The third kappa shape index (κ3) is 8.85. The summed E-state index contributed by atoms with van der Waals surface area (Å²) >= 11 is 58.3. The Morgan fingerprint density at radius 1 is 0.710 bits per heavy atom. The molecule has 6 nitrogen and oxygen atoms in total. The van der Waals surface area contributed by atoms with E-state index in [0.717, 1.165) is 5.69 Å². The fourth-order valence-electron chi connectivity index (χ4n) is 2.32. The van der Waals surface area contributed by atoms with E-state index in [-0.39, 0.29) is 12.5 Å². The van der Waals surface area contributed by atoms with Gasteiger partial charge >= 0.3 is 0 Å². The molecule has 1 saturated heterocycles.